The van der Waals surface area contributed by atoms with Crippen LogP contribution in [0.4, 0.5) is 5.69 Å². The van der Waals surface area contributed by atoms with Gasteiger partial charge in [0, 0.05) is 43.6 Å². The number of anilines is 1. The van der Waals surface area contributed by atoms with Crippen molar-refractivity contribution in [2.24, 2.45) is 0 Å². The highest BCUT2D eigenvalue weighted by Gasteiger charge is 2.25. The van der Waals surface area contributed by atoms with E-state index >= 15 is 0 Å². The van der Waals surface area contributed by atoms with Gasteiger partial charge in [0.2, 0.25) is 0 Å². The van der Waals surface area contributed by atoms with Crippen molar-refractivity contribution in [3.8, 4) is 11.5 Å². The summed E-state index contributed by atoms with van der Waals surface area (Å²) in [7, 11) is 1.53. The third-order valence-electron chi connectivity index (χ3n) is 5.90. The average molecular weight is 517 g/mol. The Morgan fingerprint density at radius 2 is 2.23 bits per heavy atom. The lowest BCUT2D eigenvalue weighted by Crippen LogP contribution is -2.39. The van der Waals surface area contributed by atoms with Gasteiger partial charge in [-0.15, -0.1) is 0 Å². The molecule has 186 valence electrons. The van der Waals surface area contributed by atoms with E-state index in [0.717, 1.165) is 37.1 Å². The zero-order valence-electron chi connectivity index (χ0n) is 19.6. The topological polar surface area (TPSA) is 93.7 Å². The number of ether oxygens (including phenoxy) is 3. The molecule has 1 aromatic carbocycles. The number of amides is 1. The lowest BCUT2D eigenvalue weighted by molar-refractivity contribution is -0.117. The van der Waals surface area contributed by atoms with Crippen molar-refractivity contribution < 1.29 is 19.0 Å². The Hall–Kier alpha value is -2.88. The zero-order chi connectivity index (χ0) is 24.6. The molecule has 3 N–H and O–H groups in total. The highest BCUT2D eigenvalue weighted by molar-refractivity contribution is 7.81. The van der Waals surface area contributed by atoms with E-state index < -0.39 is 0 Å². The second-order valence-corrected chi connectivity index (χ2v) is 9.09. The highest BCUT2D eigenvalue weighted by atomic mass is 35.5. The predicted octanol–water partition coefficient (Wildman–Crippen LogP) is 3.99. The number of halogens is 1. The minimum Gasteiger partial charge on any atom is -0.493 e. The Morgan fingerprint density at radius 1 is 1.34 bits per heavy atom. The number of pyridine rings is 1. The van der Waals surface area contributed by atoms with Crippen LogP contribution in [0.15, 0.2) is 47.9 Å². The molecule has 2 aliphatic rings. The van der Waals surface area contributed by atoms with Gasteiger partial charge in [0.1, 0.15) is 17.3 Å². The van der Waals surface area contributed by atoms with Crippen LogP contribution in [-0.2, 0) is 16.1 Å². The van der Waals surface area contributed by atoms with Crippen molar-refractivity contribution in [2.75, 3.05) is 32.2 Å². The van der Waals surface area contributed by atoms with E-state index in [1.165, 1.54) is 7.11 Å². The predicted molar refractivity (Wildman–Crippen MR) is 139 cm³/mol. The Balaban J connectivity index is 1.48. The maximum absolute atomic E-state index is 12.8. The lowest BCUT2D eigenvalue weighted by atomic mass is 10.1. The summed E-state index contributed by atoms with van der Waals surface area (Å²) < 4.78 is 17.2. The first kappa shape index (κ1) is 25.2. The van der Waals surface area contributed by atoms with Crippen molar-refractivity contribution >= 4 is 40.4 Å². The van der Waals surface area contributed by atoms with Crippen molar-refractivity contribution in [2.45, 2.75) is 38.3 Å². The van der Waals surface area contributed by atoms with Crippen LogP contribution < -0.4 is 25.4 Å². The number of nitrogens with one attached hydrogen (secondary N) is 3. The number of hydrogen-bond donors (Lipinski definition) is 3. The van der Waals surface area contributed by atoms with Gasteiger partial charge in [0.25, 0.3) is 5.91 Å². The minimum atomic E-state index is -0.238. The molecule has 0 aliphatic carbocycles. The number of thiocarbonyl (C=S) groups is 1. The maximum atomic E-state index is 12.8. The van der Waals surface area contributed by atoms with Gasteiger partial charge >= 0.3 is 0 Å². The first-order valence-electron chi connectivity index (χ1n) is 11.6. The largest absolute Gasteiger partial charge is 0.493 e. The molecule has 0 bridgehead atoms. The fourth-order valence-corrected chi connectivity index (χ4v) is 4.65. The fourth-order valence-electron chi connectivity index (χ4n) is 4.08. The van der Waals surface area contributed by atoms with Crippen LogP contribution in [0.2, 0.25) is 5.02 Å². The maximum Gasteiger partial charge on any atom is 0.256 e. The number of carbonyl (C=O) groups is 1. The van der Waals surface area contributed by atoms with E-state index in [-0.39, 0.29) is 17.0 Å². The summed E-state index contributed by atoms with van der Waals surface area (Å²) in [6.45, 7) is 2.25. The van der Waals surface area contributed by atoms with Gasteiger partial charge < -0.3 is 30.2 Å². The van der Waals surface area contributed by atoms with Crippen molar-refractivity contribution in [1.29, 1.82) is 0 Å². The second kappa shape index (κ2) is 12.2. The van der Waals surface area contributed by atoms with Gasteiger partial charge in [0.05, 0.1) is 35.7 Å². The molecular weight excluding hydrogens is 488 g/mol. The molecule has 2 aromatic rings. The summed E-state index contributed by atoms with van der Waals surface area (Å²) in [5, 5.41) is 9.83. The van der Waals surface area contributed by atoms with Crippen molar-refractivity contribution in [3.05, 3.63) is 58.5 Å². The molecule has 3 heterocycles. The van der Waals surface area contributed by atoms with Crippen LogP contribution in [0, 0.1) is 0 Å². The molecule has 4 rings (SSSR count). The molecule has 35 heavy (non-hydrogen) atoms. The molecule has 1 atom stereocenters. The standard InChI is InChI=1S/C25H29ClN4O4S/c1-32-23-18(26)6-4-7-20(23)30-25(35)22-19(9-11-28-24(22)31)29-13-16-8-10-27-14-21(16)34-15-17-5-2-3-12-33-17/h4,6-8,10,14,17,29H,2-3,5,9,11-13,15H2,1H3,(H,28,31)(H,30,35). The summed E-state index contributed by atoms with van der Waals surface area (Å²) >= 11 is 11.8. The minimum absolute atomic E-state index is 0.105. The highest BCUT2D eigenvalue weighted by Crippen LogP contribution is 2.33. The summed E-state index contributed by atoms with van der Waals surface area (Å²) in [5.74, 6) is 0.919. The Bertz CT molecular complexity index is 1100. The normalized spacial score (nSPS) is 18.0. The SMILES string of the molecule is COc1c(Cl)cccc1NC(=S)C1=C(NCc2ccncc2OCC2CCCCO2)CCNC1=O. The molecule has 0 radical (unpaired) electrons. The number of methoxy groups -OCH3 is 1. The number of aromatic nitrogens is 1. The second-order valence-electron chi connectivity index (χ2n) is 8.27. The molecule has 10 heteroatoms. The third-order valence-corrected chi connectivity index (χ3v) is 6.50. The third kappa shape index (κ3) is 6.42. The lowest BCUT2D eigenvalue weighted by Gasteiger charge is -2.24. The number of nitrogens with zero attached hydrogens (tertiary/aromatic N) is 1. The van der Waals surface area contributed by atoms with Crippen LogP contribution in [-0.4, -0.2) is 48.9 Å². The van der Waals surface area contributed by atoms with Crippen LogP contribution in [0.1, 0.15) is 31.2 Å². The van der Waals surface area contributed by atoms with Crippen molar-refractivity contribution in [3.63, 3.8) is 0 Å². The quantitative estimate of drug-likeness (QED) is 0.431. The van der Waals surface area contributed by atoms with Gasteiger partial charge in [-0.25, -0.2) is 0 Å². The van der Waals surface area contributed by atoms with Gasteiger partial charge in [-0.2, -0.15) is 0 Å². The van der Waals surface area contributed by atoms with E-state index in [2.05, 4.69) is 20.9 Å². The van der Waals surface area contributed by atoms with Gasteiger partial charge in [-0.05, 0) is 37.5 Å². The number of carbonyl (C=O) groups excluding carboxylic acids is 1. The number of rotatable bonds is 9. The van der Waals surface area contributed by atoms with Crippen LogP contribution in [0.25, 0.3) is 0 Å². The molecule has 0 saturated carbocycles. The zero-order valence-corrected chi connectivity index (χ0v) is 21.1. The van der Waals surface area contributed by atoms with Crippen molar-refractivity contribution in [1.82, 2.24) is 15.6 Å². The molecule has 0 spiro atoms. The van der Waals surface area contributed by atoms with Gasteiger partial charge in [-0.3, -0.25) is 9.78 Å². The molecule has 1 amide bonds. The molecule has 8 nitrogen and oxygen atoms in total. The Morgan fingerprint density at radius 3 is 3.03 bits per heavy atom. The van der Waals surface area contributed by atoms with E-state index in [9.17, 15) is 4.79 Å². The summed E-state index contributed by atoms with van der Waals surface area (Å²) in [6, 6.07) is 7.21. The van der Waals surface area contributed by atoms with E-state index in [0.29, 0.717) is 53.9 Å². The number of benzene rings is 1. The van der Waals surface area contributed by atoms with Gasteiger partial charge in [0.15, 0.2) is 5.75 Å². The Labute approximate surface area is 215 Å². The van der Waals surface area contributed by atoms with E-state index in [4.69, 9.17) is 38.0 Å². The summed E-state index contributed by atoms with van der Waals surface area (Å²) in [6.07, 6.45) is 7.41. The Kier molecular flexibility index (Phi) is 8.79. The first-order valence-corrected chi connectivity index (χ1v) is 12.4. The first-order chi connectivity index (χ1) is 17.1. The van der Waals surface area contributed by atoms with E-state index in [1.54, 1.807) is 30.6 Å². The number of hydrogen-bond acceptors (Lipinski definition) is 7. The smallest absolute Gasteiger partial charge is 0.256 e. The molecular formula is C25H29ClN4O4S. The molecule has 2 aliphatic heterocycles. The van der Waals surface area contributed by atoms with Crippen LogP contribution in [0.5, 0.6) is 11.5 Å². The molecule has 1 saturated heterocycles. The van der Waals surface area contributed by atoms with Crippen LogP contribution >= 0.6 is 23.8 Å². The average Bonchev–Trinajstić information content (AvgIpc) is 2.87. The molecule has 1 fully saturated rings. The van der Waals surface area contributed by atoms with E-state index in [1.807, 2.05) is 6.07 Å². The monoisotopic (exact) mass is 516 g/mol. The molecule has 1 aromatic heterocycles. The molecule has 1 unspecified atom stereocenters. The van der Waals surface area contributed by atoms with Gasteiger partial charge in [-0.1, -0.05) is 29.9 Å². The fraction of sp³-hybridized carbons (Fsp3) is 0.400. The van der Waals surface area contributed by atoms with Crippen LogP contribution in [0.3, 0.4) is 0 Å². The summed E-state index contributed by atoms with van der Waals surface area (Å²) in [4.78, 5) is 17.3. The summed E-state index contributed by atoms with van der Waals surface area (Å²) in [5.41, 5.74) is 2.67. The number of para-hydroxylation sites is 1.